The number of nitrogens with zero attached hydrogens (tertiary/aromatic N) is 2. The summed E-state index contributed by atoms with van der Waals surface area (Å²) in [6, 6.07) is 14.7. The number of anilines is 2. The molecule has 25 heavy (non-hydrogen) atoms. The quantitative estimate of drug-likeness (QED) is 0.319. The second-order valence-electron chi connectivity index (χ2n) is 6.17. The molecule has 0 unspecified atom stereocenters. The molecule has 0 aliphatic carbocycles. The van der Waals surface area contributed by atoms with Crippen LogP contribution in [0.15, 0.2) is 59.6 Å². The molecule has 1 heterocycles. The standard InChI is InChI=1S/C20H24N4.HI/c1-15-8-9-18(12-16(15)2)23-20(21)22-14-17-6-5-7-19(13-17)24-10-3-4-11-24;/h3-9,12-13H,10-11,14H2,1-2H3,(H3,21,22,23);1H. The van der Waals surface area contributed by atoms with Gasteiger partial charge in [0.25, 0.3) is 0 Å². The van der Waals surface area contributed by atoms with Gasteiger partial charge in [0.05, 0.1) is 6.54 Å². The number of nitrogens with one attached hydrogen (secondary N) is 1. The Morgan fingerprint density at radius 2 is 1.84 bits per heavy atom. The van der Waals surface area contributed by atoms with Crippen LogP contribution in [0.3, 0.4) is 0 Å². The number of halogens is 1. The van der Waals surface area contributed by atoms with Gasteiger partial charge in [-0.2, -0.15) is 0 Å². The van der Waals surface area contributed by atoms with Crippen molar-refractivity contribution in [3.05, 3.63) is 71.3 Å². The van der Waals surface area contributed by atoms with E-state index in [-0.39, 0.29) is 24.0 Å². The van der Waals surface area contributed by atoms with Gasteiger partial charge in [-0.1, -0.05) is 30.4 Å². The van der Waals surface area contributed by atoms with Crippen molar-refractivity contribution >= 4 is 41.3 Å². The van der Waals surface area contributed by atoms with Crippen molar-refractivity contribution in [1.29, 1.82) is 0 Å². The maximum Gasteiger partial charge on any atom is 0.193 e. The van der Waals surface area contributed by atoms with E-state index in [1.807, 2.05) is 6.07 Å². The molecular formula is C20H25IN4. The van der Waals surface area contributed by atoms with Crippen LogP contribution in [0, 0.1) is 13.8 Å². The highest BCUT2D eigenvalue weighted by atomic mass is 127. The number of aliphatic imine (C=N–C) groups is 1. The third-order valence-electron chi connectivity index (χ3n) is 4.31. The minimum Gasteiger partial charge on any atom is -0.370 e. The van der Waals surface area contributed by atoms with Crippen molar-refractivity contribution in [3.8, 4) is 0 Å². The van der Waals surface area contributed by atoms with E-state index in [0.717, 1.165) is 24.3 Å². The van der Waals surface area contributed by atoms with Crippen LogP contribution in [0.2, 0.25) is 0 Å². The average molecular weight is 448 g/mol. The molecule has 0 aromatic heterocycles. The van der Waals surface area contributed by atoms with Gasteiger partial charge in [0, 0.05) is 24.5 Å². The molecule has 0 saturated carbocycles. The maximum absolute atomic E-state index is 6.02. The third-order valence-corrected chi connectivity index (χ3v) is 4.31. The van der Waals surface area contributed by atoms with Gasteiger partial charge in [0.1, 0.15) is 0 Å². The van der Waals surface area contributed by atoms with E-state index in [1.165, 1.54) is 16.8 Å². The van der Waals surface area contributed by atoms with Gasteiger partial charge >= 0.3 is 0 Å². The van der Waals surface area contributed by atoms with E-state index in [2.05, 4.69) is 77.6 Å². The first-order valence-corrected chi connectivity index (χ1v) is 8.25. The average Bonchev–Trinajstić information content (AvgIpc) is 3.11. The minimum absolute atomic E-state index is 0. The number of hydrogen-bond donors (Lipinski definition) is 2. The van der Waals surface area contributed by atoms with Gasteiger partial charge < -0.3 is 16.0 Å². The molecule has 0 amide bonds. The van der Waals surface area contributed by atoms with Gasteiger partial charge in [0.2, 0.25) is 0 Å². The Bertz CT molecular complexity index is 775. The SMILES string of the molecule is Cc1ccc(NC(N)=NCc2cccc(N3CC=CC3)c2)cc1C.I. The second-order valence-corrected chi connectivity index (χ2v) is 6.17. The summed E-state index contributed by atoms with van der Waals surface area (Å²) in [6.07, 6.45) is 4.38. The molecule has 0 bridgehead atoms. The predicted octanol–water partition coefficient (Wildman–Crippen LogP) is 4.22. The first-order chi connectivity index (χ1) is 11.6. The summed E-state index contributed by atoms with van der Waals surface area (Å²) in [6.45, 7) is 6.71. The number of nitrogens with two attached hydrogens (primary N) is 1. The van der Waals surface area contributed by atoms with E-state index in [1.54, 1.807) is 0 Å². The first kappa shape index (κ1) is 19.3. The Balaban J connectivity index is 0.00000225. The molecule has 0 radical (unpaired) electrons. The van der Waals surface area contributed by atoms with Crippen LogP contribution in [0.4, 0.5) is 11.4 Å². The second kappa shape index (κ2) is 8.89. The molecule has 1 aliphatic rings. The molecule has 0 fully saturated rings. The van der Waals surface area contributed by atoms with Crippen molar-refractivity contribution in [1.82, 2.24) is 0 Å². The summed E-state index contributed by atoms with van der Waals surface area (Å²) in [4.78, 5) is 6.78. The Morgan fingerprint density at radius 1 is 1.08 bits per heavy atom. The van der Waals surface area contributed by atoms with Crippen molar-refractivity contribution in [3.63, 3.8) is 0 Å². The molecule has 3 N–H and O–H groups in total. The summed E-state index contributed by atoms with van der Waals surface area (Å²) in [5, 5.41) is 3.16. The lowest BCUT2D eigenvalue weighted by Gasteiger charge is -2.18. The Hall–Kier alpha value is -2.02. The van der Waals surface area contributed by atoms with Crippen LogP contribution in [0.5, 0.6) is 0 Å². The Labute approximate surface area is 166 Å². The van der Waals surface area contributed by atoms with Gasteiger partial charge in [0.15, 0.2) is 5.96 Å². The summed E-state index contributed by atoms with van der Waals surface area (Å²) < 4.78 is 0. The molecule has 1 aliphatic heterocycles. The largest absolute Gasteiger partial charge is 0.370 e. The van der Waals surface area contributed by atoms with Gasteiger partial charge in [-0.15, -0.1) is 24.0 Å². The normalized spacial score (nSPS) is 13.7. The molecule has 2 aromatic rings. The molecule has 3 rings (SSSR count). The number of aryl methyl sites for hydroxylation is 2. The summed E-state index contributed by atoms with van der Waals surface area (Å²) in [5.41, 5.74) is 11.9. The fourth-order valence-electron chi connectivity index (χ4n) is 2.72. The zero-order valence-corrected chi connectivity index (χ0v) is 17.0. The predicted molar refractivity (Wildman–Crippen MR) is 118 cm³/mol. The van der Waals surface area contributed by atoms with Crippen molar-refractivity contribution < 1.29 is 0 Å². The molecule has 5 heteroatoms. The number of hydrogen-bond acceptors (Lipinski definition) is 2. The van der Waals surface area contributed by atoms with Crippen LogP contribution >= 0.6 is 24.0 Å². The summed E-state index contributed by atoms with van der Waals surface area (Å²) in [7, 11) is 0. The van der Waals surface area contributed by atoms with Crippen LogP contribution < -0.4 is 16.0 Å². The molecule has 2 aromatic carbocycles. The highest BCUT2D eigenvalue weighted by Gasteiger charge is 2.07. The molecule has 132 valence electrons. The van der Waals surface area contributed by atoms with E-state index in [0.29, 0.717) is 12.5 Å². The fourth-order valence-corrected chi connectivity index (χ4v) is 2.72. The van der Waals surface area contributed by atoms with E-state index in [4.69, 9.17) is 5.73 Å². The van der Waals surface area contributed by atoms with Crippen molar-refractivity contribution in [2.24, 2.45) is 10.7 Å². The lowest BCUT2D eigenvalue weighted by atomic mass is 10.1. The lowest BCUT2D eigenvalue weighted by Crippen LogP contribution is -2.22. The number of benzene rings is 2. The van der Waals surface area contributed by atoms with E-state index < -0.39 is 0 Å². The topological polar surface area (TPSA) is 53.6 Å². The van der Waals surface area contributed by atoms with Gasteiger partial charge in [-0.05, 0) is 54.8 Å². The first-order valence-electron chi connectivity index (χ1n) is 8.25. The zero-order chi connectivity index (χ0) is 16.9. The Kier molecular flexibility index (Phi) is 6.87. The smallest absolute Gasteiger partial charge is 0.193 e. The number of guanidine groups is 1. The third kappa shape index (κ3) is 5.22. The molecular weight excluding hydrogens is 423 g/mol. The van der Waals surface area contributed by atoms with Crippen molar-refractivity contribution in [2.45, 2.75) is 20.4 Å². The molecule has 0 atom stereocenters. The van der Waals surface area contributed by atoms with E-state index >= 15 is 0 Å². The van der Waals surface area contributed by atoms with Gasteiger partial charge in [-0.25, -0.2) is 4.99 Å². The fraction of sp³-hybridized carbons (Fsp3) is 0.250. The summed E-state index contributed by atoms with van der Waals surface area (Å²) >= 11 is 0. The highest BCUT2D eigenvalue weighted by molar-refractivity contribution is 14.0. The highest BCUT2D eigenvalue weighted by Crippen LogP contribution is 2.19. The minimum atomic E-state index is 0. The zero-order valence-electron chi connectivity index (χ0n) is 14.7. The molecule has 0 spiro atoms. The maximum atomic E-state index is 6.02. The number of rotatable bonds is 4. The van der Waals surface area contributed by atoms with Crippen LogP contribution in [-0.2, 0) is 6.54 Å². The van der Waals surface area contributed by atoms with Gasteiger partial charge in [-0.3, -0.25) is 0 Å². The summed E-state index contributed by atoms with van der Waals surface area (Å²) in [5.74, 6) is 0.437. The van der Waals surface area contributed by atoms with Crippen LogP contribution in [0.25, 0.3) is 0 Å². The molecule has 4 nitrogen and oxygen atoms in total. The van der Waals surface area contributed by atoms with E-state index in [9.17, 15) is 0 Å². The Morgan fingerprint density at radius 3 is 2.56 bits per heavy atom. The molecule has 0 saturated heterocycles. The van der Waals surface area contributed by atoms with Crippen molar-refractivity contribution in [2.75, 3.05) is 23.3 Å². The van der Waals surface area contributed by atoms with Crippen LogP contribution in [0.1, 0.15) is 16.7 Å². The lowest BCUT2D eigenvalue weighted by molar-refractivity contribution is 0.993. The van der Waals surface area contributed by atoms with Crippen LogP contribution in [-0.4, -0.2) is 19.0 Å². The monoisotopic (exact) mass is 448 g/mol.